The molecule has 1 amide bonds. The zero-order chi connectivity index (χ0) is 14.8. The smallest absolute Gasteiger partial charge is 0.259 e. The Morgan fingerprint density at radius 3 is 2.77 bits per heavy atom. The van der Waals surface area contributed by atoms with Crippen molar-refractivity contribution in [2.45, 2.75) is 25.7 Å². The van der Waals surface area contributed by atoms with Crippen molar-refractivity contribution in [1.82, 2.24) is 20.1 Å². The molecule has 0 atom stereocenters. The topological polar surface area (TPSA) is 71.8 Å². The van der Waals surface area contributed by atoms with Gasteiger partial charge in [-0.1, -0.05) is 0 Å². The first-order valence-corrected chi connectivity index (χ1v) is 8.05. The van der Waals surface area contributed by atoms with Crippen molar-refractivity contribution in [2.75, 3.05) is 18.4 Å². The molecule has 120 valence electrons. The van der Waals surface area contributed by atoms with Crippen molar-refractivity contribution >= 4 is 35.6 Å². The number of halogens is 1. The van der Waals surface area contributed by atoms with Gasteiger partial charge in [-0.15, -0.1) is 12.4 Å². The molecule has 0 radical (unpaired) electrons. The van der Waals surface area contributed by atoms with Crippen LogP contribution in [0.5, 0.6) is 0 Å². The molecule has 2 aromatic rings. The van der Waals surface area contributed by atoms with E-state index < -0.39 is 0 Å². The van der Waals surface area contributed by atoms with Crippen LogP contribution in [0.2, 0.25) is 0 Å². The molecule has 0 saturated carbocycles. The van der Waals surface area contributed by atoms with E-state index in [9.17, 15) is 4.79 Å². The van der Waals surface area contributed by atoms with Gasteiger partial charge in [-0.25, -0.2) is 4.68 Å². The van der Waals surface area contributed by atoms with E-state index in [-0.39, 0.29) is 18.3 Å². The van der Waals surface area contributed by atoms with Gasteiger partial charge in [0.15, 0.2) is 5.82 Å². The van der Waals surface area contributed by atoms with Gasteiger partial charge in [-0.3, -0.25) is 10.1 Å². The highest BCUT2D eigenvalue weighted by Gasteiger charge is 2.21. The fourth-order valence-corrected chi connectivity index (χ4v) is 3.36. The number of hydrogen-bond donors (Lipinski definition) is 2. The molecule has 1 fully saturated rings. The molecule has 0 aliphatic carbocycles. The monoisotopic (exact) mass is 341 g/mol. The molecular weight excluding hydrogens is 322 g/mol. The Morgan fingerprint density at radius 1 is 1.41 bits per heavy atom. The van der Waals surface area contributed by atoms with Gasteiger partial charge in [0, 0.05) is 18.3 Å². The molecule has 1 aliphatic heterocycles. The third-order valence-electron chi connectivity index (χ3n) is 3.81. The number of carbonyl (C=O) groups is 1. The Hall–Kier alpha value is -1.44. The van der Waals surface area contributed by atoms with E-state index in [1.807, 2.05) is 24.7 Å². The van der Waals surface area contributed by atoms with Crippen LogP contribution in [0, 0.1) is 6.92 Å². The van der Waals surface area contributed by atoms with Crippen LogP contribution in [0.15, 0.2) is 10.8 Å². The Bertz CT molecular complexity index is 647. The van der Waals surface area contributed by atoms with Crippen LogP contribution in [-0.2, 0) is 7.05 Å². The third-order valence-corrected chi connectivity index (χ3v) is 4.67. The van der Waals surface area contributed by atoms with Gasteiger partial charge in [-0.05, 0) is 43.8 Å². The molecule has 3 rings (SSSR count). The summed E-state index contributed by atoms with van der Waals surface area (Å²) in [5, 5.41) is 14.5. The van der Waals surface area contributed by atoms with Crippen LogP contribution in [0.4, 0.5) is 5.95 Å². The van der Waals surface area contributed by atoms with E-state index in [0.29, 0.717) is 17.4 Å². The van der Waals surface area contributed by atoms with Gasteiger partial charge in [0.25, 0.3) is 5.91 Å². The van der Waals surface area contributed by atoms with Crippen molar-refractivity contribution in [3.8, 4) is 0 Å². The fraction of sp³-hybridized carbons (Fsp3) is 0.500. The molecule has 0 bridgehead atoms. The maximum atomic E-state index is 12.2. The summed E-state index contributed by atoms with van der Waals surface area (Å²) >= 11 is 1.53. The molecular formula is C14H20ClN5OS. The summed E-state index contributed by atoms with van der Waals surface area (Å²) in [4.78, 5) is 16.7. The van der Waals surface area contributed by atoms with Crippen LogP contribution >= 0.6 is 23.7 Å². The minimum atomic E-state index is -0.124. The summed E-state index contributed by atoms with van der Waals surface area (Å²) in [6.45, 7) is 3.93. The summed E-state index contributed by atoms with van der Waals surface area (Å²) in [7, 11) is 1.81. The number of hydrogen-bond acceptors (Lipinski definition) is 5. The van der Waals surface area contributed by atoms with Crippen molar-refractivity contribution < 1.29 is 4.79 Å². The predicted octanol–water partition coefficient (Wildman–Crippen LogP) is 2.33. The number of piperidine rings is 1. The molecule has 6 nitrogen and oxygen atoms in total. The van der Waals surface area contributed by atoms with E-state index >= 15 is 0 Å². The maximum absolute atomic E-state index is 12.2. The highest BCUT2D eigenvalue weighted by molar-refractivity contribution is 7.08. The zero-order valence-corrected chi connectivity index (χ0v) is 14.3. The van der Waals surface area contributed by atoms with Gasteiger partial charge in [-0.2, -0.15) is 21.4 Å². The second kappa shape index (κ2) is 7.21. The molecule has 2 N–H and O–H groups in total. The average molecular weight is 342 g/mol. The lowest BCUT2D eigenvalue weighted by Gasteiger charge is -2.19. The molecule has 0 aromatic carbocycles. The number of aromatic nitrogens is 3. The first-order chi connectivity index (χ1) is 10.1. The predicted molar refractivity (Wildman–Crippen MR) is 90.1 cm³/mol. The summed E-state index contributed by atoms with van der Waals surface area (Å²) in [5.74, 6) is 1.60. The lowest BCUT2D eigenvalue weighted by atomic mass is 9.98. The SMILES string of the molecule is Cc1cscc1C(=O)Nc1nc(C2CCNCC2)nn1C.Cl. The first kappa shape index (κ1) is 16.9. The number of carbonyl (C=O) groups excluding carboxylic acids is 1. The van der Waals surface area contributed by atoms with Gasteiger partial charge >= 0.3 is 0 Å². The van der Waals surface area contributed by atoms with Crippen LogP contribution in [0.3, 0.4) is 0 Å². The minimum absolute atomic E-state index is 0. The van der Waals surface area contributed by atoms with Gasteiger partial charge in [0.1, 0.15) is 0 Å². The van der Waals surface area contributed by atoms with Crippen molar-refractivity contribution in [3.05, 3.63) is 27.7 Å². The molecule has 1 saturated heterocycles. The van der Waals surface area contributed by atoms with Gasteiger partial charge < -0.3 is 5.32 Å². The minimum Gasteiger partial charge on any atom is -0.317 e. The highest BCUT2D eigenvalue weighted by Crippen LogP contribution is 2.23. The Balaban J connectivity index is 0.00000176. The van der Waals surface area contributed by atoms with Crippen molar-refractivity contribution in [3.63, 3.8) is 0 Å². The van der Waals surface area contributed by atoms with Crippen LogP contribution in [-0.4, -0.2) is 33.8 Å². The Morgan fingerprint density at radius 2 is 2.14 bits per heavy atom. The van der Waals surface area contributed by atoms with Gasteiger partial charge in [0.05, 0.1) is 5.56 Å². The van der Waals surface area contributed by atoms with E-state index in [1.165, 1.54) is 11.3 Å². The highest BCUT2D eigenvalue weighted by atomic mass is 35.5. The number of amides is 1. The van der Waals surface area contributed by atoms with Crippen molar-refractivity contribution in [2.24, 2.45) is 7.05 Å². The molecule has 8 heteroatoms. The number of thiophene rings is 1. The fourth-order valence-electron chi connectivity index (χ4n) is 2.53. The summed E-state index contributed by atoms with van der Waals surface area (Å²) in [5.41, 5.74) is 1.68. The number of aryl methyl sites for hydroxylation is 2. The number of anilines is 1. The summed E-state index contributed by atoms with van der Waals surface area (Å²) in [6, 6.07) is 0. The number of rotatable bonds is 3. The molecule has 22 heavy (non-hydrogen) atoms. The number of nitrogens with zero attached hydrogens (tertiary/aromatic N) is 3. The Labute approximate surface area is 139 Å². The largest absolute Gasteiger partial charge is 0.317 e. The van der Waals surface area contributed by atoms with Crippen LogP contribution in [0.25, 0.3) is 0 Å². The lowest BCUT2D eigenvalue weighted by molar-refractivity contribution is 0.102. The maximum Gasteiger partial charge on any atom is 0.259 e. The molecule has 3 heterocycles. The molecule has 0 spiro atoms. The van der Waals surface area contributed by atoms with E-state index in [4.69, 9.17) is 0 Å². The van der Waals surface area contributed by atoms with Crippen molar-refractivity contribution in [1.29, 1.82) is 0 Å². The standard InChI is InChI=1S/C14H19N5OS.ClH/c1-9-7-21-8-11(9)13(20)17-14-16-12(18-19(14)2)10-3-5-15-6-4-10;/h7-8,10,15H,3-6H2,1-2H3,(H,16,17,18,20);1H. The van der Waals surface area contributed by atoms with Crippen LogP contribution < -0.4 is 10.6 Å². The molecule has 0 unspecified atom stereocenters. The summed E-state index contributed by atoms with van der Waals surface area (Å²) in [6.07, 6.45) is 2.09. The third kappa shape index (κ3) is 3.48. The average Bonchev–Trinajstić information content (AvgIpc) is 3.07. The Kier molecular flexibility index (Phi) is 5.55. The molecule has 2 aromatic heterocycles. The van der Waals surface area contributed by atoms with E-state index in [0.717, 1.165) is 37.3 Å². The quantitative estimate of drug-likeness (QED) is 0.898. The normalized spacial score (nSPS) is 15.4. The lowest BCUT2D eigenvalue weighted by Crippen LogP contribution is -2.27. The first-order valence-electron chi connectivity index (χ1n) is 7.11. The summed E-state index contributed by atoms with van der Waals surface area (Å²) < 4.78 is 1.65. The zero-order valence-electron chi connectivity index (χ0n) is 12.6. The number of nitrogens with one attached hydrogen (secondary N) is 2. The second-order valence-corrected chi connectivity index (χ2v) is 6.11. The second-order valence-electron chi connectivity index (χ2n) is 5.36. The van der Waals surface area contributed by atoms with E-state index in [2.05, 4.69) is 20.7 Å². The van der Waals surface area contributed by atoms with E-state index in [1.54, 1.807) is 4.68 Å². The molecule has 1 aliphatic rings. The van der Waals surface area contributed by atoms with Gasteiger partial charge in [0.2, 0.25) is 5.95 Å². The van der Waals surface area contributed by atoms with Crippen LogP contribution in [0.1, 0.15) is 40.5 Å².